The van der Waals surface area contributed by atoms with Crippen LogP contribution in [0.3, 0.4) is 0 Å². The van der Waals surface area contributed by atoms with E-state index in [9.17, 15) is 0 Å². The van der Waals surface area contributed by atoms with Gasteiger partial charge in [-0.2, -0.15) is 0 Å². The summed E-state index contributed by atoms with van der Waals surface area (Å²) in [5.41, 5.74) is 0. The second-order valence-electron chi connectivity index (χ2n) is 5.14. The summed E-state index contributed by atoms with van der Waals surface area (Å²) in [6, 6.07) is 4.40. The van der Waals surface area contributed by atoms with Crippen molar-refractivity contribution in [3.8, 4) is 0 Å². The van der Waals surface area contributed by atoms with Crippen LogP contribution in [-0.4, -0.2) is 31.1 Å². The highest BCUT2D eigenvalue weighted by atomic mass is 32.1. The molecule has 1 aromatic rings. The summed E-state index contributed by atoms with van der Waals surface area (Å²) in [5, 5.41) is 5.66. The number of nitrogens with zero attached hydrogens (tertiary/aromatic N) is 1. The molecule has 0 aliphatic carbocycles. The molecule has 1 aromatic heterocycles. The van der Waals surface area contributed by atoms with E-state index in [4.69, 9.17) is 0 Å². The molecule has 2 nitrogen and oxygen atoms in total. The molecule has 0 radical (unpaired) electrons. The van der Waals surface area contributed by atoms with Crippen LogP contribution in [0, 0.1) is 11.8 Å². The summed E-state index contributed by atoms with van der Waals surface area (Å²) >= 11 is 1.88. The van der Waals surface area contributed by atoms with Gasteiger partial charge in [0.15, 0.2) is 0 Å². The molecule has 1 N–H and O–H groups in total. The van der Waals surface area contributed by atoms with E-state index in [1.54, 1.807) is 0 Å². The van der Waals surface area contributed by atoms with Gasteiger partial charge in [-0.15, -0.1) is 11.3 Å². The monoisotopic (exact) mass is 252 g/mol. The van der Waals surface area contributed by atoms with E-state index in [2.05, 4.69) is 41.6 Å². The average molecular weight is 252 g/mol. The third-order valence-electron chi connectivity index (χ3n) is 3.86. The van der Waals surface area contributed by atoms with E-state index in [1.807, 2.05) is 11.3 Å². The molecular weight excluding hydrogens is 228 g/mol. The van der Waals surface area contributed by atoms with Gasteiger partial charge in [-0.1, -0.05) is 19.9 Å². The first-order chi connectivity index (χ1) is 8.29. The van der Waals surface area contributed by atoms with Crippen LogP contribution < -0.4 is 5.32 Å². The highest BCUT2D eigenvalue weighted by Gasteiger charge is 2.22. The summed E-state index contributed by atoms with van der Waals surface area (Å²) in [7, 11) is 0. The minimum atomic E-state index is 0.820. The Morgan fingerprint density at radius 1 is 1.53 bits per heavy atom. The maximum absolute atomic E-state index is 3.48. The second-order valence-corrected chi connectivity index (χ2v) is 6.17. The zero-order chi connectivity index (χ0) is 12.1. The molecule has 1 aliphatic heterocycles. The van der Waals surface area contributed by atoms with E-state index in [0.717, 1.165) is 24.9 Å². The van der Waals surface area contributed by atoms with E-state index in [1.165, 1.54) is 30.9 Å². The Hall–Kier alpha value is -0.380. The van der Waals surface area contributed by atoms with Crippen LogP contribution >= 0.6 is 11.3 Å². The lowest BCUT2D eigenvalue weighted by molar-refractivity contribution is 0.169. The second kappa shape index (κ2) is 6.53. The third kappa shape index (κ3) is 3.80. The standard InChI is InChI=1S/C14H24N2S/c1-3-16(11-14-5-4-8-17-14)10-13-6-7-15-9-12(13)2/h4-5,8,12-13,15H,3,6-7,9-11H2,1-2H3. The maximum atomic E-state index is 3.48. The summed E-state index contributed by atoms with van der Waals surface area (Å²) < 4.78 is 0. The first-order valence-electron chi connectivity index (χ1n) is 6.75. The Labute approximate surface area is 109 Å². The Balaban J connectivity index is 1.86. The number of hydrogen-bond acceptors (Lipinski definition) is 3. The van der Waals surface area contributed by atoms with Gasteiger partial charge in [0.1, 0.15) is 0 Å². The molecular formula is C14H24N2S. The van der Waals surface area contributed by atoms with E-state index in [0.29, 0.717) is 0 Å². The molecule has 2 atom stereocenters. The number of piperidine rings is 1. The molecule has 1 fully saturated rings. The summed E-state index contributed by atoms with van der Waals surface area (Å²) in [5.74, 6) is 1.69. The van der Waals surface area contributed by atoms with E-state index >= 15 is 0 Å². The zero-order valence-corrected chi connectivity index (χ0v) is 11.8. The normalized spacial score (nSPS) is 25.4. The van der Waals surface area contributed by atoms with Crippen LogP contribution in [0.15, 0.2) is 17.5 Å². The minimum Gasteiger partial charge on any atom is -0.316 e. The minimum absolute atomic E-state index is 0.820. The zero-order valence-electron chi connectivity index (χ0n) is 11.0. The van der Waals surface area contributed by atoms with Gasteiger partial charge in [-0.05, 0) is 49.3 Å². The van der Waals surface area contributed by atoms with Crippen molar-refractivity contribution in [1.82, 2.24) is 10.2 Å². The third-order valence-corrected chi connectivity index (χ3v) is 4.72. The molecule has 17 heavy (non-hydrogen) atoms. The number of thiophene rings is 1. The van der Waals surface area contributed by atoms with Gasteiger partial charge in [0.05, 0.1) is 0 Å². The molecule has 2 rings (SSSR count). The SMILES string of the molecule is CCN(Cc1cccs1)CC1CCNCC1C. The van der Waals surface area contributed by atoms with Gasteiger partial charge in [0, 0.05) is 18.0 Å². The van der Waals surface area contributed by atoms with Crippen molar-refractivity contribution >= 4 is 11.3 Å². The molecule has 0 amide bonds. The van der Waals surface area contributed by atoms with Crippen LogP contribution in [0.2, 0.25) is 0 Å². The van der Waals surface area contributed by atoms with Gasteiger partial charge in [0.2, 0.25) is 0 Å². The Morgan fingerprint density at radius 3 is 3.06 bits per heavy atom. The van der Waals surface area contributed by atoms with Crippen molar-refractivity contribution in [2.45, 2.75) is 26.8 Å². The van der Waals surface area contributed by atoms with Gasteiger partial charge >= 0.3 is 0 Å². The number of nitrogens with one attached hydrogen (secondary N) is 1. The lowest BCUT2D eigenvalue weighted by atomic mass is 9.87. The van der Waals surface area contributed by atoms with Crippen LogP contribution in [-0.2, 0) is 6.54 Å². The fourth-order valence-electron chi connectivity index (χ4n) is 2.60. The average Bonchev–Trinajstić information content (AvgIpc) is 2.84. The van der Waals surface area contributed by atoms with Crippen LogP contribution in [0.4, 0.5) is 0 Å². The predicted octanol–water partition coefficient (Wildman–Crippen LogP) is 2.82. The molecule has 3 heteroatoms. The Kier molecular flexibility index (Phi) is 5.01. The van der Waals surface area contributed by atoms with Crippen molar-refractivity contribution in [2.75, 3.05) is 26.2 Å². The van der Waals surface area contributed by atoms with Gasteiger partial charge in [-0.25, -0.2) is 0 Å². The summed E-state index contributed by atoms with van der Waals surface area (Å²) in [6.45, 7) is 10.6. The molecule has 0 spiro atoms. The van der Waals surface area contributed by atoms with Crippen LogP contribution in [0.25, 0.3) is 0 Å². The molecule has 0 saturated carbocycles. The molecule has 1 aliphatic rings. The maximum Gasteiger partial charge on any atom is 0.0327 e. The Bertz CT molecular complexity index is 310. The van der Waals surface area contributed by atoms with Crippen molar-refractivity contribution < 1.29 is 0 Å². The van der Waals surface area contributed by atoms with Crippen molar-refractivity contribution in [2.24, 2.45) is 11.8 Å². The van der Waals surface area contributed by atoms with Crippen LogP contribution in [0.5, 0.6) is 0 Å². The number of rotatable bonds is 5. The smallest absolute Gasteiger partial charge is 0.0327 e. The lowest BCUT2D eigenvalue weighted by Crippen LogP contribution is -2.41. The van der Waals surface area contributed by atoms with Gasteiger partial charge in [0.25, 0.3) is 0 Å². The lowest BCUT2D eigenvalue weighted by Gasteiger charge is -2.33. The summed E-state index contributed by atoms with van der Waals surface area (Å²) in [4.78, 5) is 4.09. The molecule has 0 aromatic carbocycles. The Morgan fingerprint density at radius 2 is 2.41 bits per heavy atom. The molecule has 2 heterocycles. The molecule has 0 bridgehead atoms. The fourth-order valence-corrected chi connectivity index (χ4v) is 3.35. The van der Waals surface area contributed by atoms with E-state index in [-0.39, 0.29) is 0 Å². The number of hydrogen-bond donors (Lipinski definition) is 1. The fraction of sp³-hybridized carbons (Fsp3) is 0.714. The van der Waals surface area contributed by atoms with Gasteiger partial charge in [-0.3, -0.25) is 4.90 Å². The van der Waals surface area contributed by atoms with Crippen molar-refractivity contribution in [3.05, 3.63) is 22.4 Å². The topological polar surface area (TPSA) is 15.3 Å². The van der Waals surface area contributed by atoms with Crippen LogP contribution in [0.1, 0.15) is 25.1 Å². The predicted molar refractivity (Wildman–Crippen MR) is 75.4 cm³/mol. The van der Waals surface area contributed by atoms with Crippen molar-refractivity contribution in [3.63, 3.8) is 0 Å². The molecule has 1 saturated heterocycles. The highest BCUT2D eigenvalue weighted by Crippen LogP contribution is 2.21. The first kappa shape index (κ1) is 13.1. The van der Waals surface area contributed by atoms with E-state index < -0.39 is 0 Å². The first-order valence-corrected chi connectivity index (χ1v) is 7.63. The largest absolute Gasteiger partial charge is 0.316 e. The molecule has 96 valence electrons. The highest BCUT2D eigenvalue weighted by molar-refractivity contribution is 7.09. The quantitative estimate of drug-likeness (QED) is 0.867. The molecule has 2 unspecified atom stereocenters. The van der Waals surface area contributed by atoms with Crippen molar-refractivity contribution in [1.29, 1.82) is 0 Å². The van der Waals surface area contributed by atoms with Gasteiger partial charge < -0.3 is 5.32 Å². The summed E-state index contributed by atoms with van der Waals surface area (Å²) in [6.07, 6.45) is 1.34.